The Morgan fingerprint density at radius 3 is 2.40 bits per heavy atom. The number of hydrogen-bond acceptors (Lipinski definition) is 4. The maximum Gasteiger partial charge on any atom is 0.231 e. The van der Waals surface area contributed by atoms with Crippen LogP contribution in [0.1, 0.15) is 40.5 Å². The molecule has 0 aromatic heterocycles. The van der Waals surface area contributed by atoms with Crippen LogP contribution < -0.4 is 16.4 Å². The molecule has 1 rings (SSSR count). The lowest BCUT2D eigenvalue weighted by atomic mass is 10.1. The van der Waals surface area contributed by atoms with E-state index in [-0.39, 0.29) is 34.6 Å². The Morgan fingerprint density at radius 1 is 1.32 bits per heavy atom. The summed E-state index contributed by atoms with van der Waals surface area (Å²) < 4.78 is 11.9. The summed E-state index contributed by atoms with van der Waals surface area (Å²) in [5, 5.41) is 6.68. The van der Waals surface area contributed by atoms with Gasteiger partial charge in [-0.25, -0.2) is 0 Å². The molecule has 1 atom stereocenters. The molecule has 7 nitrogen and oxygen atoms in total. The molecule has 1 saturated heterocycles. The summed E-state index contributed by atoms with van der Waals surface area (Å²) in [6.45, 7) is 11.3. The van der Waals surface area contributed by atoms with Crippen LogP contribution in [0.15, 0.2) is 4.99 Å². The Labute approximate surface area is 171 Å². The molecule has 1 heterocycles. The standard InChI is InChI=1S/C16H33N5O2S.HI/c1-5-18-15(19-8-11-24(23)16(2,3)4)20-13-6-9-21(10-7-13)12-14(17)22;/h13H,5-12H2,1-4H3,(H2,17,22)(H2,18,19,20);1H. The number of hydrogen-bond donors (Lipinski definition) is 3. The first kappa shape index (κ1) is 24.6. The van der Waals surface area contributed by atoms with Crippen molar-refractivity contribution in [1.29, 1.82) is 0 Å². The van der Waals surface area contributed by atoms with Gasteiger partial charge >= 0.3 is 0 Å². The molecule has 1 amide bonds. The van der Waals surface area contributed by atoms with E-state index in [1.807, 2.05) is 27.7 Å². The smallest absolute Gasteiger partial charge is 0.231 e. The van der Waals surface area contributed by atoms with Crippen molar-refractivity contribution in [3.05, 3.63) is 0 Å². The fraction of sp³-hybridized carbons (Fsp3) is 0.875. The predicted molar refractivity (Wildman–Crippen MR) is 116 cm³/mol. The van der Waals surface area contributed by atoms with Gasteiger partial charge in [0.1, 0.15) is 0 Å². The van der Waals surface area contributed by atoms with Crippen molar-refractivity contribution in [3.63, 3.8) is 0 Å². The second-order valence-corrected chi connectivity index (χ2v) is 9.41. The lowest BCUT2D eigenvalue weighted by Crippen LogP contribution is -2.50. The van der Waals surface area contributed by atoms with Gasteiger partial charge in [-0.1, -0.05) is 0 Å². The van der Waals surface area contributed by atoms with E-state index < -0.39 is 10.8 Å². The van der Waals surface area contributed by atoms with Crippen LogP contribution in [-0.4, -0.2) is 70.2 Å². The monoisotopic (exact) mass is 487 g/mol. The van der Waals surface area contributed by atoms with Gasteiger partial charge in [-0.3, -0.25) is 18.9 Å². The van der Waals surface area contributed by atoms with Crippen LogP contribution in [0.3, 0.4) is 0 Å². The molecule has 0 bridgehead atoms. The van der Waals surface area contributed by atoms with Crippen LogP contribution in [0, 0.1) is 0 Å². The molecule has 9 heteroatoms. The third kappa shape index (κ3) is 10.3. The summed E-state index contributed by atoms with van der Waals surface area (Å²) in [6.07, 6.45) is 1.90. The SMILES string of the molecule is CCNC(=NCCS(=O)C(C)(C)C)NC1CCN(CC(N)=O)CC1.I. The molecule has 1 aliphatic heterocycles. The third-order valence-electron chi connectivity index (χ3n) is 3.88. The van der Waals surface area contributed by atoms with Crippen LogP contribution in [0.5, 0.6) is 0 Å². The molecule has 25 heavy (non-hydrogen) atoms. The Bertz CT molecular complexity index is 460. The average Bonchev–Trinajstić information content (AvgIpc) is 2.47. The van der Waals surface area contributed by atoms with E-state index in [1.165, 1.54) is 0 Å². The number of amides is 1. The fourth-order valence-electron chi connectivity index (χ4n) is 2.52. The van der Waals surface area contributed by atoms with E-state index in [1.54, 1.807) is 0 Å². The van der Waals surface area contributed by atoms with Crippen LogP contribution in [0.25, 0.3) is 0 Å². The number of nitrogens with one attached hydrogen (secondary N) is 2. The summed E-state index contributed by atoms with van der Waals surface area (Å²) in [4.78, 5) is 17.6. The quantitative estimate of drug-likeness (QED) is 0.278. The van der Waals surface area contributed by atoms with Crippen molar-refractivity contribution in [3.8, 4) is 0 Å². The highest BCUT2D eigenvalue weighted by Crippen LogP contribution is 2.11. The first-order valence-corrected chi connectivity index (χ1v) is 9.98. The van der Waals surface area contributed by atoms with Gasteiger partial charge in [-0.15, -0.1) is 24.0 Å². The summed E-state index contributed by atoms with van der Waals surface area (Å²) in [6, 6.07) is 0.333. The van der Waals surface area contributed by atoms with Crippen LogP contribution >= 0.6 is 24.0 Å². The second-order valence-electron chi connectivity index (χ2n) is 7.08. The molecule has 0 saturated carbocycles. The minimum absolute atomic E-state index is 0. The molecular weight excluding hydrogens is 453 g/mol. The number of aliphatic imine (C=N–C) groups is 1. The average molecular weight is 487 g/mol. The lowest BCUT2D eigenvalue weighted by Gasteiger charge is -2.32. The van der Waals surface area contributed by atoms with Crippen LogP contribution in [0.4, 0.5) is 0 Å². The molecule has 0 aromatic rings. The van der Waals surface area contributed by atoms with Crippen molar-refractivity contribution < 1.29 is 9.00 Å². The number of nitrogens with zero attached hydrogens (tertiary/aromatic N) is 2. The maximum atomic E-state index is 12.1. The Hall–Kier alpha value is -0.420. The number of piperidine rings is 1. The van der Waals surface area contributed by atoms with E-state index in [9.17, 15) is 9.00 Å². The van der Waals surface area contributed by atoms with Gasteiger partial charge in [0.2, 0.25) is 5.91 Å². The summed E-state index contributed by atoms with van der Waals surface area (Å²) >= 11 is 0. The number of nitrogens with two attached hydrogens (primary N) is 1. The maximum absolute atomic E-state index is 12.1. The zero-order chi connectivity index (χ0) is 18.2. The Balaban J connectivity index is 0.00000576. The molecule has 148 valence electrons. The van der Waals surface area contributed by atoms with Crippen LogP contribution in [0.2, 0.25) is 0 Å². The van der Waals surface area contributed by atoms with E-state index in [0.29, 0.717) is 24.9 Å². The molecule has 4 N–H and O–H groups in total. The van der Waals surface area contributed by atoms with Gasteiger partial charge in [0.05, 0.1) is 13.1 Å². The van der Waals surface area contributed by atoms with Gasteiger partial charge in [0, 0.05) is 47.0 Å². The second kappa shape index (κ2) is 12.1. The van der Waals surface area contributed by atoms with Crippen molar-refractivity contribution in [2.45, 2.75) is 51.3 Å². The minimum atomic E-state index is -0.888. The summed E-state index contributed by atoms with van der Waals surface area (Å²) in [7, 11) is -0.888. The van der Waals surface area contributed by atoms with Gasteiger partial charge in [0.25, 0.3) is 0 Å². The zero-order valence-corrected chi connectivity index (χ0v) is 19.0. The molecule has 1 unspecified atom stereocenters. The largest absolute Gasteiger partial charge is 0.369 e. The molecule has 1 fully saturated rings. The van der Waals surface area contributed by atoms with Crippen molar-refractivity contribution in [2.75, 3.05) is 38.5 Å². The molecule has 0 aliphatic carbocycles. The summed E-state index contributed by atoms with van der Waals surface area (Å²) in [5.74, 6) is 1.07. The number of rotatable bonds is 7. The number of primary amides is 1. The first-order valence-electron chi connectivity index (χ1n) is 8.66. The molecule has 0 aromatic carbocycles. The topological polar surface area (TPSA) is 99.8 Å². The molecule has 0 radical (unpaired) electrons. The van der Waals surface area contributed by atoms with Gasteiger partial charge in [-0.05, 0) is 40.5 Å². The number of carbonyl (C=O) groups is 1. The lowest BCUT2D eigenvalue weighted by molar-refractivity contribution is -0.119. The zero-order valence-electron chi connectivity index (χ0n) is 15.8. The molecular formula is C16H34IN5O2S. The van der Waals surface area contributed by atoms with Crippen molar-refractivity contribution in [1.82, 2.24) is 15.5 Å². The Kier molecular flexibility index (Phi) is 11.9. The van der Waals surface area contributed by atoms with Crippen molar-refractivity contribution >= 4 is 46.6 Å². The third-order valence-corrected chi connectivity index (χ3v) is 5.80. The summed E-state index contributed by atoms with van der Waals surface area (Å²) in [5.41, 5.74) is 5.24. The van der Waals surface area contributed by atoms with Gasteiger partial charge < -0.3 is 16.4 Å². The van der Waals surface area contributed by atoms with E-state index in [4.69, 9.17) is 5.73 Å². The number of halogens is 1. The number of likely N-dealkylation sites (tertiary alicyclic amines) is 1. The molecule has 0 spiro atoms. The van der Waals surface area contributed by atoms with Gasteiger partial charge in [-0.2, -0.15) is 0 Å². The van der Waals surface area contributed by atoms with E-state index in [2.05, 4.69) is 20.5 Å². The number of carbonyl (C=O) groups excluding carboxylic acids is 1. The highest BCUT2D eigenvalue weighted by molar-refractivity contribution is 14.0. The number of guanidine groups is 1. The fourth-order valence-corrected chi connectivity index (χ4v) is 3.39. The van der Waals surface area contributed by atoms with E-state index in [0.717, 1.165) is 38.4 Å². The highest BCUT2D eigenvalue weighted by Gasteiger charge is 2.21. The normalized spacial score (nSPS) is 18.3. The molecule has 1 aliphatic rings. The van der Waals surface area contributed by atoms with Crippen LogP contribution in [-0.2, 0) is 15.6 Å². The minimum Gasteiger partial charge on any atom is -0.369 e. The Morgan fingerprint density at radius 2 is 1.92 bits per heavy atom. The van der Waals surface area contributed by atoms with E-state index >= 15 is 0 Å². The van der Waals surface area contributed by atoms with Crippen molar-refractivity contribution in [2.24, 2.45) is 10.7 Å². The highest BCUT2D eigenvalue weighted by atomic mass is 127. The first-order chi connectivity index (χ1) is 11.2. The van der Waals surface area contributed by atoms with Gasteiger partial charge in [0.15, 0.2) is 5.96 Å². The predicted octanol–water partition coefficient (Wildman–Crippen LogP) is 0.656.